The van der Waals surface area contributed by atoms with E-state index in [-0.39, 0.29) is 56.8 Å². The maximum Gasteiger partial charge on any atom is 1.00 e. The van der Waals surface area contributed by atoms with E-state index in [0.717, 1.165) is 5.57 Å². The Hall–Kier alpha value is 1.38. The molecule has 41 valence electrons. The van der Waals surface area contributed by atoms with Gasteiger partial charge in [-0.3, -0.25) is 0 Å². The van der Waals surface area contributed by atoms with Crippen molar-refractivity contribution in [1.82, 2.24) is 0 Å². The Bertz CT molecular complexity index is 76.9. The van der Waals surface area contributed by atoms with Gasteiger partial charge in [0, 0.05) is 0 Å². The van der Waals surface area contributed by atoms with Crippen molar-refractivity contribution in [3.63, 3.8) is 0 Å². The van der Waals surface area contributed by atoms with Crippen molar-refractivity contribution in [3.8, 4) is 0 Å². The topological polar surface area (TPSA) is 0 Å². The van der Waals surface area contributed by atoms with Gasteiger partial charge in [-0.1, -0.05) is 32.9 Å². The van der Waals surface area contributed by atoms with Crippen LogP contribution in [0, 0.1) is 12.3 Å². The summed E-state index contributed by atoms with van der Waals surface area (Å²) in [6, 6.07) is 0. The molecule has 0 nitrogen and oxygen atoms in total. The quantitative estimate of drug-likeness (QED) is 0.391. The van der Waals surface area contributed by atoms with Gasteiger partial charge >= 0.3 is 51.4 Å². The molecule has 0 aromatic rings. The summed E-state index contributed by atoms with van der Waals surface area (Å²) in [7, 11) is 0. The molecule has 0 aromatic heterocycles. The van der Waals surface area contributed by atoms with Gasteiger partial charge in [0.15, 0.2) is 0 Å². The summed E-state index contributed by atoms with van der Waals surface area (Å²) in [6.07, 6.45) is 0. The summed E-state index contributed by atoms with van der Waals surface area (Å²) in [5.41, 5.74) is 1.19. The van der Waals surface area contributed by atoms with E-state index in [1.54, 1.807) is 0 Å². The number of hydrogen-bond donors (Lipinski definition) is 0. The Morgan fingerprint density at radius 2 is 1.38 bits per heavy atom. The largest absolute Gasteiger partial charge is 1.00 e. The van der Waals surface area contributed by atoms with E-state index in [2.05, 4.69) is 34.3 Å². The van der Waals surface area contributed by atoms with Crippen LogP contribution < -0.4 is 51.4 Å². The zero-order valence-electron chi connectivity index (χ0n) is 6.41. The molecule has 0 fully saturated rings. The molecule has 0 heterocycles. The SMILES string of the molecule is [CH2]C(=C)C(C)(C)C.[K+]. The summed E-state index contributed by atoms with van der Waals surface area (Å²) >= 11 is 0. The fourth-order valence-electron chi connectivity index (χ4n) is 0. The molecule has 0 aliphatic rings. The first-order valence-corrected chi connectivity index (χ1v) is 2.46. The van der Waals surface area contributed by atoms with Crippen LogP contribution in [-0.4, -0.2) is 0 Å². The van der Waals surface area contributed by atoms with Crippen molar-refractivity contribution in [2.75, 3.05) is 0 Å². The third kappa shape index (κ3) is 5.51. The van der Waals surface area contributed by atoms with Crippen LogP contribution in [0.15, 0.2) is 12.2 Å². The monoisotopic (exact) mass is 136 g/mol. The maximum absolute atomic E-state index is 3.72. The van der Waals surface area contributed by atoms with E-state index in [1.807, 2.05) is 0 Å². The molecular formula is C7H13K+. The Morgan fingerprint density at radius 3 is 1.38 bits per heavy atom. The second kappa shape index (κ2) is 4.23. The molecule has 0 aliphatic carbocycles. The van der Waals surface area contributed by atoms with E-state index >= 15 is 0 Å². The third-order valence-electron chi connectivity index (χ3n) is 1.06. The van der Waals surface area contributed by atoms with E-state index in [9.17, 15) is 0 Å². The average molecular weight is 136 g/mol. The molecule has 8 heavy (non-hydrogen) atoms. The smallest absolute Gasteiger partial charge is 0.0993 e. The minimum Gasteiger partial charge on any atom is -0.0993 e. The van der Waals surface area contributed by atoms with Crippen molar-refractivity contribution in [1.29, 1.82) is 0 Å². The second-order valence-corrected chi connectivity index (χ2v) is 2.85. The summed E-state index contributed by atoms with van der Waals surface area (Å²) in [5.74, 6) is 0. The molecule has 0 bridgehead atoms. The molecule has 0 N–H and O–H groups in total. The summed E-state index contributed by atoms with van der Waals surface area (Å²) < 4.78 is 0. The number of hydrogen-bond acceptors (Lipinski definition) is 0. The van der Waals surface area contributed by atoms with Crippen LogP contribution >= 0.6 is 0 Å². The number of allylic oxidation sites excluding steroid dienone is 1. The first-order chi connectivity index (χ1) is 2.94. The number of rotatable bonds is 0. The molecule has 0 aliphatic heterocycles. The van der Waals surface area contributed by atoms with Crippen molar-refractivity contribution >= 4 is 0 Å². The van der Waals surface area contributed by atoms with Gasteiger partial charge in [0.25, 0.3) is 0 Å². The van der Waals surface area contributed by atoms with Crippen LogP contribution in [0.4, 0.5) is 0 Å². The molecule has 0 rings (SSSR count). The fourth-order valence-corrected chi connectivity index (χ4v) is 0. The predicted molar refractivity (Wildman–Crippen MR) is 34.0 cm³/mol. The van der Waals surface area contributed by atoms with Crippen molar-refractivity contribution in [2.24, 2.45) is 5.41 Å². The molecule has 0 saturated heterocycles. The van der Waals surface area contributed by atoms with Gasteiger partial charge in [0.05, 0.1) is 0 Å². The minimum atomic E-state index is 0. The second-order valence-electron chi connectivity index (χ2n) is 2.85. The zero-order valence-corrected chi connectivity index (χ0v) is 9.54. The van der Waals surface area contributed by atoms with E-state index in [0.29, 0.717) is 0 Å². The first-order valence-electron chi connectivity index (χ1n) is 2.46. The van der Waals surface area contributed by atoms with Gasteiger partial charge in [-0.2, -0.15) is 0 Å². The Labute approximate surface area is 95.2 Å². The molecule has 1 heteroatoms. The van der Waals surface area contributed by atoms with Crippen LogP contribution in [0.25, 0.3) is 0 Å². The predicted octanol–water partition coefficient (Wildman–Crippen LogP) is -0.573. The normalized spacial score (nSPS) is 10.0. The van der Waals surface area contributed by atoms with Crippen LogP contribution in [0.3, 0.4) is 0 Å². The van der Waals surface area contributed by atoms with E-state index in [4.69, 9.17) is 0 Å². The van der Waals surface area contributed by atoms with Gasteiger partial charge in [-0.05, 0) is 12.3 Å². The van der Waals surface area contributed by atoms with E-state index < -0.39 is 0 Å². The molecule has 0 saturated carbocycles. The van der Waals surface area contributed by atoms with Crippen LogP contribution in [0.2, 0.25) is 0 Å². The molecule has 1 radical (unpaired) electrons. The molecule has 0 aromatic carbocycles. The fraction of sp³-hybridized carbons (Fsp3) is 0.571. The standard InChI is InChI=1S/C7H13.K/c1-6(2)7(3,4)5;/h1-2H2,3-5H3;/q;+1. The van der Waals surface area contributed by atoms with Gasteiger partial charge in [-0.15, -0.1) is 0 Å². The van der Waals surface area contributed by atoms with Gasteiger partial charge < -0.3 is 0 Å². The maximum atomic E-state index is 3.72. The zero-order chi connectivity index (χ0) is 6.08. The van der Waals surface area contributed by atoms with Crippen molar-refractivity contribution in [3.05, 3.63) is 19.1 Å². The minimum absolute atomic E-state index is 0. The third-order valence-corrected chi connectivity index (χ3v) is 1.06. The summed E-state index contributed by atoms with van der Waals surface area (Å²) in [5, 5.41) is 0. The summed E-state index contributed by atoms with van der Waals surface area (Å²) in [4.78, 5) is 0. The van der Waals surface area contributed by atoms with Crippen LogP contribution in [-0.2, 0) is 0 Å². The molecule has 0 atom stereocenters. The Kier molecular flexibility index (Phi) is 6.40. The Balaban J connectivity index is 0. The van der Waals surface area contributed by atoms with E-state index in [1.165, 1.54) is 0 Å². The Morgan fingerprint density at radius 1 is 1.25 bits per heavy atom. The molecule has 0 unspecified atom stereocenters. The van der Waals surface area contributed by atoms with Gasteiger partial charge in [0.1, 0.15) is 0 Å². The van der Waals surface area contributed by atoms with Gasteiger partial charge in [-0.25, -0.2) is 0 Å². The molecular weight excluding hydrogens is 123 g/mol. The summed E-state index contributed by atoms with van der Waals surface area (Å²) in [6.45, 7) is 13.7. The van der Waals surface area contributed by atoms with Crippen molar-refractivity contribution in [2.45, 2.75) is 20.8 Å². The first kappa shape index (κ1) is 12.1. The molecule has 0 amide bonds. The van der Waals surface area contributed by atoms with Crippen LogP contribution in [0.1, 0.15) is 20.8 Å². The van der Waals surface area contributed by atoms with Gasteiger partial charge in [0.2, 0.25) is 0 Å². The average Bonchev–Trinajstić information content (AvgIpc) is 1.31. The molecule has 0 spiro atoms. The van der Waals surface area contributed by atoms with Crippen LogP contribution in [0.5, 0.6) is 0 Å². The van der Waals surface area contributed by atoms with Crippen molar-refractivity contribution < 1.29 is 51.4 Å².